The third-order valence-electron chi connectivity index (χ3n) is 4.67. The van der Waals surface area contributed by atoms with Crippen LogP contribution >= 0.6 is 0 Å². The van der Waals surface area contributed by atoms with Gasteiger partial charge in [0.25, 0.3) is 17.1 Å². The second-order valence-corrected chi connectivity index (χ2v) is 6.18. The first-order valence-corrected chi connectivity index (χ1v) is 7.94. The average Bonchev–Trinajstić information content (AvgIpc) is 3.01. The van der Waals surface area contributed by atoms with Crippen LogP contribution in [0.4, 0.5) is 17.1 Å². The number of non-ortho nitro benzene ring substituents is 2. The molecule has 1 aliphatic carbocycles. The second kappa shape index (κ2) is 6.92. The van der Waals surface area contributed by atoms with Crippen molar-refractivity contribution < 1.29 is 24.7 Å². The van der Waals surface area contributed by atoms with Crippen LogP contribution in [-0.2, 0) is 0 Å². The zero-order valence-electron chi connectivity index (χ0n) is 14.5. The highest BCUT2D eigenvalue weighted by atomic mass is 16.6. The van der Waals surface area contributed by atoms with Gasteiger partial charge in [-0.05, 0) is 11.1 Å². The Balaban J connectivity index is 2.57. The minimum atomic E-state index is -1.64. The van der Waals surface area contributed by atoms with Gasteiger partial charge < -0.3 is 5.11 Å². The molecular weight excluding hydrogens is 402 g/mol. The van der Waals surface area contributed by atoms with Gasteiger partial charge >= 0.3 is 5.97 Å². The van der Waals surface area contributed by atoms with Crippen molar-refractivity contribution in [3.63, 3.8) is 0 Å². The number of hydrogen-bond acceptors (Lipinski definition) is 9. The molecule has 0 fully saturated rings. The molecule has 1 aliphatic rings. The molecule has 0 radical (unpaired) electrons. The minimum absolute atomic E-state index is 0.173. The lowest BCUT2D eigenvalue weighted by atomic mass is 9.85. The third kappa shape index (κ3) is 2.83. The highest BCUT2D eigenvalue weighted by molar-refractivity contribution is 6.03. The van der Waals surface area contributed by atoms with Crippen molar-refractivity contribution in [2.45, 2.75) is 5.92 Å². The fourth-order valence-electron chi connectivity index (χ4n) is 3.55. The molecule has 0 aromatic heterocycles. The first kappa shape index (κ1) is 19.8. The molecule has 1 atom stereocenters. The zero-order chi connectivity index (χ0) is 22.3. The molecule has 2 aromatic rings. The van der Waals surface area contributed by atoms with E-state index < -0.39 is 55.2 Å². The van der Waals surface area contributed by atoms with E-state index in [9.17, 15) is 50.8 Å². The number of carbonyl (C=O) groups is 1. The number of fused-ring (bicyclic) bond motifs is 3. The summed E-state index contributed by atoms with van der Waals surface area (Å²) in [5, 5.41) is 62.4. The topological polar surface area (TPSA) is 214 Å². The fourth-order valence-corrected chi connectivity index (χ4v) is 3.55. The zero-order valence-corrected chi connectivity index (χ0v) is 14.5. The molecular formula is C17H7N5O8. The lowest BCUT2D eigenvalue weighted by Gasteiger charge is -2.13. The monoisotopic (exact) mass is 409 g/mol. The summed E-state index contributed by atoms with van der Waals surface area (Å²) in [7, 11) is 0. The number of benzene rings is 2. The van der Waals surface area contributed by atoms with Gasteiger partial charge in [-0.2, -0.15) is 10.5 Å². The van der Waals surface area contributed by atoms with Crippen molar-refractivity contribution in [3.8, 4) is 23.3 Å². The highest BCUT2D eigenvalue weighted by Crippen LogP contribution is 2.54. The molecule has 1 N–H and O–H groups in total. The Labute approximate surface area is 165 Å². The highest BCUT2D eigenvalue weighted by Gasteiger charge is 2.44. The van der Waals surface area contributed by atoms with E-state index in [0.717, 1.165) is 12.1 Å². The Kier molecular flexibility index (Phi) is 4.57. The van der Waals surface area contributed by atoms with Gasteiger partial charge in [0.1, 0.15) is 5.92 Å². The van der Waals surface area contributed by atoms with E-state index in [1.807, 2.05) is 0 Å². The van der Waals surface area contributed by atoms with Gasteiger partial charge in [-0.1, -0.05) is 0 Å². The summed E-state index contributed by atoms with van der Waals surface area (Å²) in [5.41, 5.74) is -3.83. The second-order valence-electron chi connectivity index (χ2n) is 6.18. The number of nitro benzene ring substituents is 3. The van der Waals surface area contributed by atoms with Gasteiger partial charge in [-0.15, -0.1) is 0 Å². The maximum Gasteiger partial charge on any atom is 0.336 e. The number of carboxylic acids is 1. The van der Waals surface area contributed by atoms with Gasteiger partial charge in [0.2, 0.25) is 0 Å². The molecule has 0 saturated heterocycles. The number of aromatic carboxylic acids is 1. The minimum Gasteiger partial charge on any atom is -0.478 e. The SMILES string of the molecule is N#CC(C#N)C1c2cc([N+](=O)[O-])cc(C(=O)O)c2-c2c1cc([N+](=O)[O-])cc2[N+](=O)[O-]. The van der Waals surface area contributed by atoms with Crippen LogP contribution in [-0.4, -0.2) is 25.8 Å². The molecule has 1 unspecified atom stereocenters. The Hall–Kier alpha value is -4.91. The van der Waals surface area contributed by atoms with Crippen LogP contribution in [0.2, 0.25) is 0 Å². The van der Waals surface area contributed by atoms with Crippen LogP contribution in [0.1, 0.15) is 27.4 Å². The predicted octanol–water partition coefficient (Wildman–Crippen LogP) is 2.89. The summed E-state index contributed by atoms with van der Waals surface area (Å²) in [4.78, 5) is 43.2. The molecule has 13 nitrogen and oxygen atoms in total. The van der Waals surface area contributed by atoms with Crippen LogP contribution in [0.5, 0.6) is 0 Å². The Morgan fingerprint density at radius 2 is 1.40 bits per heavy atom. The Morgan fingerprint density at radius 1 is 0.900 bits per heavy atom. The third-order valence-corrected chi connectivity index (χ3v) is 4.67. The van der Waals surface area contributed by atoms with Crippen LogP contribution < -0.4 is 0 Å². The van der Waals surface area contributed by atoms with Crippen molar-refractivity contribution in [2.75, 3.05) is 0 Å². The molecule has 0 aliphatic heterocycles. The fraction of sp³-hybridized carbons (Fsp3) is 0.118. The number of nitro groups is 3. The molecule has 30 heavy (non-hydrogen) atoms. The molecule has 2 aromatic carbocycles. The molecule has 0 heterocycles. The van der Waals surface area contributed by atoms with Crippen molar-refractivity contribution in [1.29, 1.82) is 10.5 Å². The molecule has 148 valence electrons. The number of nitrogens with zero attached hydrogens (tertiary/aromatic N) is 5. The first-order chi connectivity index (χ1) is 14.1. The van der Waals surface area contributed by atoms with Gasteiger partial charge in [0.05, 0.1) is 44.1 Å². The lowest BCUT2D eigenvalue weighted by Crippen LogP contribution is -2.10. The summed E-state index contributed by atoms with van der Waals surface area (Å²) in [5.74, 6) is -4.54. The molecule has 0 saturated carbocycles. The molecule has 13 heteroatoms. The number of hydrogen-bond donors (Lipinski definition) is 1. The van der Waals surface area contributed by atoms with Gasteiger partial charge in [-0.3, -0.25) is 30.3 Å². The van der Waals surface area contributed by atoms with E-state index in [4.69, 9.17) is 0 Å². The van der Waals surface area contributed by atoms with Gasteiger partial charge in [0.15, 0.2) is 0 Å². The number of rotatable bonds is 5. The van der Waals surface area contributed by atoms with Crippen molar-refractivity contribution in [1.82, 2.24) is 0 Å². The molecule has 3 rings (SSSR count). The largest absolute Gasteiger partial charge is 0.478 e. The van der Waals surface area contributed by atoms with Gasteiger partial charge in [0, 0.05) is 29.7 Å². The van der Waals surface area contributed by atoms with E-state index in [1.165, 1.54) is 0 Å². The van der Waals surface area contributed by atoms with Crippen LogP contribution in [0, 0.1) is 58.9 Å². The average molecular weight is 409 g/mol. The molecule has 0 amide bonds. The summed E-state index contributed by atoms with van der Waals surface area (Å²) in [6.07, 6.45) is 0. The van der Waals surface area contributed by atoms with E-state index in [-0.39, 0.29) is 22.3 Å². The van der Waals surface area contributed by atoms with E-state index in [1.54, 1.807) is 12.1 Å². The summed E-state index contributed by atoms with van der Waals surface area (Å²) in [6, 6.07) is 6.46. The maximum atomic E-state index is 11.8. The van der Waals surface area contributed by atoms with Crippen LogP contribution in [0.15, 0.2) is 24.3 Å². The smallest absolute Gasteiger partial charge is 0.336 e. The van der Waals surface area contributed by atoms with Crippen molar-refractivity contribution >= 4 is 23.0 Å². The quantitative estimate of drug-likeness (QED) is 0.562. The molecule has 0 bridgehead atoms. The van der Waals surface area contributed by atoms with Crippen molar-refractivity contribution in [3.05, 3.63) is 71.3 Å². The van der Waals surface area contributed by atoms with Crippen LogP contribution in [0.25, 0.3) is 11.1 Å². The van der Waals surface area contributed by atoms with E-state index in [2.05, 4.69) is 0 Å². The summed E-state index contributed by atoms with van der Waals surface area (Å²) in [6.45, 7) is 0. The first-order valence-electron chi connectivity index (χ1n) is 7.94. The van der Waals surface area contributed by atoms with Gasteiger partial charge in [-0.25, -0.2) is 4.79 Å². The maximum absolute atomic E-state index is 11.8. The number of carboxylic acid groups (broad SMARTS) is 1. The van der Waals surface area contributed by atoms with E-state index in [0.29, 0.717) is 12.1 Å². The summed E-state index contributed by atoms with van der Waals surface area (Å²) < 4.78 is 0. The normalized spacial score (nSPS) is 13.6. The number of nitriles is 2. The molecule has 0 spiro atoms. The van der Waals surface area contributed by atoms with E-state index >= 15 is 0 Å². The lowest BCUT2D eigenvalue weighted by molar-refractivity contribution is -0.393. The Morgan fingerprint density at radius 3 is 1.83 bits per heavy atom. The van der Waals surface area contributed by atoms with Crippen molar-refractivity contribution in [2.24, 2.45) is 5.92 Å². The predicted molar refractivity (Wildman–Crippen MR) is 95.4 cm³/mol. The van der Waals surface area contributed by atoms with Crippen LogP contribution in [0.3, 0.4) is 0 Å². The summed E-state index contributed by atoms with van der Waals surface area (Å²) >= 11 is 0. The standard InChI is InChI=1S/C17H7N5O8/c18-5-7(6-19)14-10-1-8(20(25)26)3-12(17(23)24)15(10)16-11(14)2-9(21(27)28)4-13(16)22(29)30/h1-4,7,14H,(H,23,24). The Bertz CT molecular complexity index is 1160.